The van der Waals surface area contributed by atoms with Crippen LogP contribution in [0, 0.1) is 11.6 Å². The van der Waals surface area contributed by atoms with Gasteiger partial charge in [-0.1, -0.05) is 19.3 Å². The molecule has 20 heavy (non-hydrogen) atoms. The molecule has 110 valence electrons. The number of anilines is 1. The van der Waals surface area contributed by atoms with Crippen LogP contribution in [0.15, 0.2) is 12.1 Å². The number of carbonyl (C=O) groups is 1. The first kappa shape index (κ1) is 14.8. The smallest absolute Gasteiger partial charge is 0.314 e. The molecule has 1 aliphatic rings. The quantitative estimate of drug-likeness (QED) is 0.925. The zero-order valence-corrected chi connectivity index (χ0v) is 11.7. The van der Waals surface area contributed by atoms with E-state index in [-0.39, 0.29) is 11.3 Å². The van der Waals surface area contributed by atoms with Gasteiger partial charge in [0.1, 0.15) is 11.6 Å². The minimum absolute atomic E-state index is 0.00491. The molecule has 1 aromatic rings. The monoisotopic (exact) mass is 283 g/mol. The Kier molecular flexibility index (Phi) is 3.97. The molecule has 1 aliphatic carbocycles. The van der Waals surface area contributed by atoms with Crippen molar-refractivity contribution in [2.75, 3.05) is 19.0 Å². The van der Waals surface area contributed by atoms with Crippen LogP contribution in [0.4, 0.5) is 14.5 Å². The van der Waals surface area contributed by atoms with E-state index in [0.717, 1.165) is 31.4 Å². The van der Waals surface area contributed by atoms with Gasteiger partial charge >= 0.3 is 5.97 Å². The van der Waals surface area contributed by atoms with Crippen molar-refractivity contribution in [1.29, 1.82) is 0 Å². The van der Waals surface area contributed by atoms with E-state index in [2.05, 4.69) is 0 Å². The number of hydrogen-bond acceptors (Lipinski definition) is 2. The van der Waals surface area contributed by atoms with Gasteiger partial charge < -0.3 is 10.0 Å². The van der Waals surface area contributed by atoms with E-state index < -0.39 is 23.0 Å². The Bertz CT molecular complexity index is 523. The second-order valence-electron chi connectivity index (χ2n) is 5.60. The van der Waals surface area contributed by atoms with Crippen LogP contribution >= 0.6 is 0 Å². The van der Waals surface area contributed by atoms with Gasteiger partial charge in [0, 0.05) is 19.7 Å². The third-order valence-electron chi connectivity index (χ3n) is 4.12. The standard InChI is InChI=1S/C15H19F2NO2/c1-18(2)13-11(17)7-6-10(16)12(13)15(14(19)20)8-4-3-5-9-15/h6-7H,3-5,8-9H2,1-2H3,(H,19,20). The Morgan fingerprint density at radius 2 is 1.70 bits per heavy atom. The lowest BCUT2D eigenvalue weighted by atomic mass is 9.68. The van der Waals surface area contributed by atoms with Crippen LogP contribution in [0.5, 0.6) is 0 Å². The highest BCUT2D eigenvalue weighted by Gasteiger charge is 2.45. The third kappa shape index (κ3) is 2.25. The number of nitrogens with zero attached hydrogens (tertiary/aromatic N) is 1. The number of aliphatic carboxylic acids is 1. The fourth-order valence-corrected chi connectivity index (χ4v) is 3.16. The van der Waals surface area contributed by atoms with Crippen molar-refractivity contribution in [3.8, 4) is 0 Å². The molecule has 0 saturated heterocycles. The summed E-state index contributed by atoms with van der Waals surface area (Å²) in [5.41, 5.74) is -1.27. The van der Waals surface area contributed by atoms with Crippen molar-refractivity contribution in [1.82, 2.24) is 0 Å². The van der Waals surface area contributed by atoms with Gasteiger partial charge in [-0.3, -0.25) is 4.79 Å². The molecular formula is C15H19F2NO2. The highest BCUT2D eigenvalue weighted by atomic mass is 19.1. The number of carboxylic acids is 1. The largest absolute Gasteiger partial charge is 0.481 e. The SMILES string of the molecule is CN(C)c1c(F)ccc(F)c1C1(C(=O)O)CCCCC1. The molecule has 1 aromatic carbocycles. The molecule has 5 heteroatoms. The molecule has 3 nitrogen and oxygen atoms in total. The van der Waals surface area contributed by atoms with Gasteiger partial charge in [-0.2, -0.15) is 0 Å². The molecule has 0 amide bonds. The highest BCUT2D eigenvalue weighted by Crippen LogP contribution is 2.45. The van der Waals surface area contributed by atoms with Gasteiger partial charge in [-0.15, -0.1) is 0 Å². The summed E-state index contributed by atoms with van der Waals surface area (Å²) in [4.78, 5) is 13.3. The number of carboxylic acid groups (broad SMARTS) is 1. The average Bonchev–Trinajstić information content (AvgIpc) is 2.41. The van der Waals surface area contributed by atoms with Crippen molar-refractivity contribution >= 4 is 11.7 Å². The molecule has 0 aliphatic heterocycles. The summed E-state index contributed by atoms with van der Waals surface area (Å²) in [7, 11) is 3.19. The van der Waals surface area contributed by atoms with Crippen molar-refractivity contribution in [2.45, 2.75) is 37.5 Å². The van der Waals surface area contributed by atoms with Gasteiger partial charge in [-0.25, -0.2) is 8.78 Å². The first-order chi connectivity index (χ1) is 9.40. The summed E-state index contributed by atoms with van der Waals surface area (Å²) in [6.45, 7) is 0. The minimum atomic E-state index is -1.32. The number of hydrogen-bond donors (Lipinski definition) is 1. The lowest BCUT2D eigenvalue weighted by molar-refractivity contribution is -0.145. The van der Waals surface area contributed by atoms with Crippen LogP contribution in [-0.2, 0) is 10.2 Å². The molecular weight excluding hydrogens is 264 g/mol. The molecule has 0 spiro atoms. The fourth-order valence-electron chi connectivity index (χ4n) is 3.16. The Hall–Kier alpha value is -1.65. The summed E-state index contributed by atoms with van der Waals surface area (Å²) < 4.78 is 28.4. The summed E-state index contributed by atoms with van der Waals surface area (Å²) in [6, 6.07) is 2.07. The van der Waals surface area contributed by atoms with Crippen molar-refractivity contribution in [3.63, 3.8) is 0 Å². The fraction of sp³-hybridized carbons (Fsp3) is 0.533. The summed E-state index contributed by atoms with van der Waals surface area (Å²) >= 11 is 0. The topological polar surface area (TPSA) is 40.5 Å². The number of rotatable bonds is 3. The Morgan fingerprint density at radius 1 is 1.15 bits per heavy atom. The summed E-state index contributed by atoms with van der Waals surface area (Å²) in [5.74, 6) is -2.29. The molecule has 1 saturated carbocycles. The lowest BCUT2D eigenvalue weighted by Crippen LogP contribution is -2.40. The molecule has 2 rings (SSSR count). The minimum Gasteiger partial charge on any atom is -0.481 e. The van der Waals surface area contributed by atoms with E-state index >= 15 is 0 Å². The predicted molar refractivity (Wildman–Crippen MR) is 73.1 cm³/mol. The maximum Gasteiger partial charge on any atom is 0.314 e. The zero-order valence-electron chi connectivity index (χ0n) is 11.7. The second kappa shape index (κ2) is 5.38. The van der Waals surface area contributed by atoms with Gasteiger partial charge in [0.2, 0.25) is 0 Å². The number of benzene rings is 1. The first-order valence-electron chi connectivity index (χ1n) is 6.79. The second-order valence-corrected chi connectivity index (χ2v) is 5.60. The van der Waals surface area contributed by atoms with E-state index in [4.69, 9.17) is 0 Å². The first-order valence-corrected chi connectivity index (χ1v) is 6.79. The predicted octanol–water partition coefficient (Wildman–Crippen LogP) is 3.32. The van der Waals surface area contributed by atoms with Crippen molar-refractivity contribution < 1.29 is 18.7 Å². The van der Waals surface area contributed by atoms with E-state index in [9.17, 15) is 18.7 Å². The highest BCUT2D eigenvalue weighted by molar-refractivity contribution is 5.84. The Balaban J connectivity index is 2.70. The number of halogens is 2. The van der Waals surface area contributed by atoms with Crippen LogP contribution in [-0.4, -0.2) is 25.2 Å². The van der Waals surface area contributed by atoms with E-state index in [1.807, 2.05) is 0 Å². The zero-order chi connectivity index (χ0) is 14.9. The Labute approximate surface area is 117 Å². The molecule has 0 aromatic heterocycles. The van der Waals surface area contributed by atoms with E-state index in [1.165, 1.54) is 4.90 Å². The van der Waals surface area contributed by atoms with Crippen molar-refractivity contribution in [3.05, 3.63) is 29.3 Å². The molecule has 0 heterocycles. The molecule has 0 atom stereocenters. The van der Waals surface area contributed by atoms with Crippen LogP contribution in [0.3, 0.4) is 0 Å². The van der Waals surface area contributed by atoms with Crippen LogP contribution < -0.4 is 4.90 Å². The summed E-state index contributed by atoms with van der Waals surface area (Å²) in [6.07, 6.45) is 3.07. The van der Waals surface area contributed by atoms with Crippen LogP contribution in [0.2, 0.25) is 0 Å². The lowest BCUT2D eigenvalue weighted by Gasteiger charge is -2.36. The summed E-state index contributed by atoms with van der Waals surface area (Å²) in [5, 5.41) is 9.66. The molecule has 0 radical (unpaired) electrons. The van der Waals surface area contributed by atoms with Gasteiger partial charge in [0.05, 0.1) is 11.1 Å². The normalized spacial score (nSPS) is 17.8. The maximum atomic E-state index is 14.3. The Morgan fingerprint density at radius 3 is 2.20 bits per heavy atom. The van der Waals surface area contributed by atoms with E-state index in [1.54, 1.807) is 14.1 Å². The maximum absolute atomic E-state index is 14.3. The van der Waals surface area contributed by atoms with E-state index in [0.29, 0.717) is 12.8 Å². The van der Waals surface area contributed by atoms with Gasteiger partial charge in [0.15, 0.2) is 0 Å². The van der Waals surface area contributed by atoms with Gasteiger partial charge in [0.25, 0.3) is 0 Å². The molecule has 1 fully saturated rings. The average molecular weight is 283 g/mol. The molecule has 1 N–H and O–H groups in total. The third-order valence-corrected chi connectivity index (χ3v) is 4.12. The molecule has 0 bridgehead atoms. The van der Waals surface area contributed by atoms with Crippen molar-refractivity contribution in [2.24, 2.45) is 0 Å². The van der Waals surface area contributed by atoms with Crippen LogP contribution in [0.1, 0.15) is 37.7 Å². The van der Waals surface area contributed by atoms with Gasteiger partial charge in [-0.05, 0) is 25.0 Å². The molecule has 0 unspecified atom stereocenters. The van der Waals surface area contributed by atoms with Crippen LogP contribution in [0.25, 0.3) is 0 Å².